The molecular formula is C8H8BrCl. The van der Waals surface area contributed by atoms with E-state index in [1.54, 1.807) is 0 Å². The second-order valence-corrected chi connectivity index (χ2v) is 4.09. The fourth-order valence-electron chi connectivity index (χ4n) is 0.806. The minimum atomic E-state index is -0.0626. The molecule has 0 aliphatic heterocycles. The lowest BCUT2D eigenvalue weighted by Crippen LogP contribution is -1.80. The van der Waals surface area contributed by atoms with E-state index >= 15 is 0 Å². The van der Waals surface area contributed by atoms with E-state index in [1.807, 2.05) is 12.1 Å². The van der Waals surface area contributed by atoms with E-state index in [0.717, 1.165) is 5.56 Å². The van der Waals surface area contributed by atoms with Crippen LogP contribution in [0.2, 0.25) is 0 Å². The molecule has 10 heavy (non-hydrogen) atoms. The van der Waals surface area contributed by atoms with Gasteiger partial charge in [0.15, 0.2) is 0 Å². The molecule has 0 nitrogen and oxygen atoms in total. The van der Waals surface area contributed by atoms with Gasteiger partial charge in [0.1, 0.15) is 4.29 Å². The van der Waals surface area contributed by atoms with Gasteiger partial charge in [-0.1, -0.05) is 45.8 Å². The predicted molar refractivity (Wildman–Crippen MR) is 48.7 cm³/mol. The average molecular weight is 220 g/mol. The summed E-state index contributed by atoms with van der Waals surface area (Å²) in [5.41, 5.74) is 2.35. The van der Waals surface area contributed by atoms with Gasteiger partial charge in [-0.15, -0.1) is 11.6 Å². The van der Waals surface area contributed by atoms with Gasteiger partial charge in [-0.3, -0.25) is 0 Å². The van der Waals surface area contributed by atoms with Crippen molar-refractivity contribution in [3.05, 3.63) is 35.4 Å². The third-order valence-electron chi connectivity index (χ3n) is 1.29. The van der Waals surface area contributed by atoms with Crippen LogP contribution in [-0.2, 0) is 0 Å². The summed E-state index contributed by atoms with van der Waals surface area (Å²) < 4.78 is -0.0626. The third-order valence-corrected chi connectivity index (χ3v) is 2.07. The lowest BCUT2D eigenvalue weighted by Gasteiger charge is -2.00. The Morgan fingerprint density at radius 1 is 1.50 bits per heavy atom. The van der Waals surface area contributed by atoms with Crippen LogP contribution in [0.5, 0.6) is 0 Å². The first-order valence-electron chi connectivity index (χ1n) is 3.05. The molecule has 1 aromatic carbocycles. The minimum absolute atomic E-state index is 0.0626. The van der Waals surface area contributed by atoms with Crippen molar-refractivity contribution in [3.8, 4) is 0 Å². The van der Waals surface area contributed by atoms with Crippen LogP contribution in [-0.4, -0.2) is 0 Å². The van der Waals surface area contributed by atoms with Crippen LogP contribution in [0, 0.1) is 6.92 Å². The van der Waals surface area contributed by atoms with Crippen molar-refractivity contribution in [2.75, 3.05) is 0 Å². The quantitative estimate of drug-likeness (QED) is 0.633. The van der Waals surface area contributed by atoms with Crippen molar-refractivity contribution in [2.45, 2.75) is 11.2 Å². The second-order valence-electron chi connectivity index (χ2n) is 2.21. The highest BCUT2D eigenvalue weighted by atomic mass is 79.9. The molecule has 0 amide bonds. The predicted octanol–water partition coefficient (Wildman–Crippen LogP) is 3.63. The molecule has 1 aromatic rings. The Labute approximate surface area is 74.3 Å². The number of halogens is 2. The molecule has 0 radical (unpaired) electrons. The number of benzene rings is 1. The summed E-state index contributed by atoms with van der Waals surface area (Å²) in [5.74, 6) is 0. The largest absolute Gasteiger partial charge is 0.113 e. The van der Waals surface area contributed by atoms with Gasteiger partial charge in [0.2, 0.25) is 0 Å². The molecule has 0 saturated carbocycles. The zero-order valence-corrected chi connectivity index (χ0v) is 7.98. The summed E-state index contributed by atoms with van der Waals surface area (Å²) in [6.45, 7) is 2.05. The summed E-state index contributed by atoms with van der Waals surface area (Å²) in [6.07, 6.45) is 0. The van der Waals surface area contributed by atoms with Crippen LogP contribution < -0.4 is 0 Å². The third kappa shape index (κ3) is 1.99. The number of rotatable bonds is 1. The van der Waals surface area contributed by atoms with Gasteiger partial charge in [0, 0.05) is 0 Å². The maximum Gasteiger partial charge on any atom is 0.113 e. The first-order chi connectivity index (χ1) is 4.70. The van der Waals surface area contributed by atoms with Crippen LogP contribution in [0.15, 0.2) is 24.3 Å². The minimum Gasteiger partial charge on any atom is -0.105 e. The highest BCUT2D eigenvalue weighted by Crippen LogP contribution is 2.26. The molecule has 0 saturated heterocycles. The van der Waals surface area contributed by atoms with Crippen LogP contribution >= 0.6 is 27.5 Å². The summed E-state index contributed by atoms with van der Waals surface area (Å²) in [5, 5.41) is 0. The number of hydrogen-bond acceptors (Lipinski definition) is 0. The molecule has 0 spiro atoms. The molecule has 0 aromatic heterocycles. The Morgan fingerprint density at radius 2 is 2.20 bits per heavy atom. The van der Waals surface area contributed by atoms with E-state index < -0.39 is 0 Å². The van der Waals surface area contributed by atoms with E-state index in [2.05, 4.69) is 35.0 Å². The molecule has 54 valence electrons. The van der Waals surface area contributed by atoms with Crippen molar-refractivity contribution in [3.63, 3.8) is 0 Å². The van der Waals surface area contributed by atoms with Crippen molar-refractivity contribution in [1.29, 1.82) is 0 Å². The second kappa shape index (κ2) is 3.40. The molecule has 2 heteroatoms. The van der Waals surface area contributed by atoms with Gasteiger partial charge < -0.3 is 0 Å². The molecule has 1 atom stereocenters. The van der Waals surface area contributed by atoms with Crippen molar-refractivity contribution in [1.82, 2.24) is 0 Å². The first kappa shape index (κ1) is 8.09. The summed E-state index contributed by atoms with van der Waals surface area (Å²) >= 11 is 9.07. The van der Waals surface area contributed by atoms with Gasteiger partial charge in [-0.2, -0.15) is 0 Å². The molecule has 0 fully saturated rings. The van der Waals surface area contributed by atoms with Gasteiger partial charge in [0.05, 0.1) is 0 Å². The zero-order valence-electron chi connectivity index (χ0n) is 5.64. The molecule has 1 unspecified atom stereocenters. The lowest BCUT2D eigenvalue weighted by molar-refractivity contribution is 1.34. The monoisotopic (exact) mass is 218 g/mol. The molecule has 0 bridgehead atoms. The fraction of sp³-hybridized carbons (Fsp3) is 0.250. The highest BCUT2D eigenvalue weighted by molar-refractivity contribution is 9.09. The van der Waals surface area contributed by atoms with Crippen LogP contribution in [0.25, 0.3) is 0 Å². The topological polar surface area (TPSA) is 0 Å². The van der Waals surface area contributed by atoms with E-state index in [1.165, 1.54) is 5.56 Å². The van der Waals surface area contributed by atoms with Crippen LogP contribution in [0.1, 0.15) is 15.4 Å². The maximum absolute atomic E-state index is 5.79. The highest BCUT2D eigenvalue weighted by Gasteiger charge is 2.00. The van der Waals surface area contributed by atoms with E-state index in [9.17, 15) is 0 Å². The van der Waals surface area contributed by atoms with Gasteiger partial charge in [0.25, 0.3) is 0 Å². The van der Waals surface area contributed by atoms with Crippen molar-refractivity contribution >= 4 is 27.5 Å². The SMILES string of the molecule is Cc1cccc(C(Cl)Br)c1. The molecule has 0 heterocycles. The Balaban J connectivity index is 2.96. The maximum atomic E-state index is 5.79. The van der Waals surface area contributed by atoms with Gasteiger partial charge in [-0.05, 0) is 12.5 Å². The molecule has 0 aliphatic rings. The lowest BCUT2D eigenvalue weighted by atomic mass is 10.2. The number of alkyl halides is 2. The van der Waals surface area contributed by atoms with Gasteiger partial charge in [-0.25, -0.2) is 0 Å². The Morgan fingerprint density at radius 3 is 2.60 bits per heavy atom. The summed E-state index contributed by atoms with van der Waals surface area (Å²) in [4.78, 5) is 0. The molecule has 0 aliphatic carbocycles. The van der Waals surface area contributed by atoms with E-state index in [0.29, 0.717) is 0 Å². The molecule has 1 rings (SSSR count). The normalized spacial score (nSPS) is 13.1. The van der Waals surface area contributed by atoms with E-state index in [4.69, 9.17) is 11.6 Å². The zero-order chi connectivity index (χ0) is 7.56. The van der Waals surface area contributed by atoms with Crippen LogP contribution in [0.3, 0.4) is 0 Å². The Bertz CT molecular complexity index is 220. The smallest absolute Gasteiger partial charge is 0.105 e. The number of aryl methyl sites for hydroxylation is 1. The fourth-order valence-corrected chi connectivity index (χ4v) is 1.23. The van der Waals surface area contributed by atoms with Gasteiger partial charge >= 0.3 is 0 Å². The Hall–Kier alpha value is -0.0100. The molecular weight excluding hydrogens is 211 g/mol. The average Bonchev–Trinajstić information content (AvgIpc) is 1.88. The summed E-state index contributed by atoms with van der Waals surface area (Å²) in [6, 6.07) is 8.11. The Kier molecular flexibility index (Phi) is 2.75. The summed E-state index contributed by atoms with van der Waals surface area (Å²) in [7, 11) is 0. The van der Waals surface area contributed by atoms with Crippen molar-refractivity contribution in [2.24, 2.45) is 0 Å². The first-order valence-corrected chi connectivity index (χ1v) is 4.40. The standard InChI is InChI=1S/C8H8BrCl/c1-6-3-2-4-7(5-6)8(9)10/h2-5,8H,1H3. The number of hydrogen-bond donors (Lipinski definition) is 0. The van der Waals surface area contributed by atoms with Crippen LogP contribution in [0.4, 0.5) is 0 Å². The van der Waals surface area contributed by atoms with E-state index in [-0.39, 0.29) is 4.29 Å². The molecule has 0 N–H and O–H groups in total. The van der Waals surface area contributed by atoms with Crippen molar-refractivity contribution < 1.29 is 0 Å².